The molecule has 0 aromatic heterocycles. The fraction of sp³-hybridized carbons (Fsp3) is 0.647. The predicted octanol–water partition coefficient (Wildman–Crippen LogP) is 3.25. The Labute approximate surface area is 128 Å². The van der Waals surface area contributed by atoms with Crippen LogP contribution in [0.4, 0.5) is 0 Å². The van der Waals surface area contributed by atoms with E-state index in [0.29, 0.717) is 25.7 Å². The van der Waals surface area contributed by atoms with E-state index in [2.05, 4.69) is 25.2 Å². The van der Waals surface area contributed by atoms with Crippen LogP contribution in [0.15, 0.2) is 18.2 Å². The zero-order valence-corrected chi connectivity index (χ0v) is 13.8. The largest absolute Gasteiger partial charge is 0.490 e. The lowest BCUT2D eigenvalue weighted by Crippen LogP contribution is -2.19. The third-order valence-corrected chi connectivity index (χ3v) is 3.37. The van der Waals surface area contributed by atoms with Gasteiger partial charge < -0.3 is 19.5 Å². The third-order valence-electron chi connectivity index (χ3n) is 3.37. The maximum absolute atomic E-state index is 6.03. The van der Waals surface area contributed by atoms with Gasteiger partial charge >= 0.3 is 0 Å². The summed E-state index contributed by atoms with van der Waals surface area (Å²) in [7, 11) is 1.71. The summed E-state index contributed by atoms with van der Waals surface area (Å²) in [6.45, 7) is 9.98. The van der Waals surface area contributed by atoms with Crippen molar-refractivity contribution in [2.75, 3.05) is 33.5 Å². The average molecular weight is 295 g/mol. The highest BCUT2D eigenvalue weighted by molar-refractivity contribution is 5.46. The Hall–Kier alpha value is -1.26. The summed E-state index contributed by atoms with van der Waals surface area (Å²) in [5.41, 5.74) is 1.13. The molecule has 1 aromatic carbocycles. The summed E-state index contributed by atoms with van der Waals surface area (Å²) < 4.78 is 16.8. The van der Waals surface area contributed by atoms with Crippen molar-refractivity contribution >= 4 is 0 Å². The first-order chi connectivity index (χ1) is 10.2. The van der Waals surface area contributed by atoms with Gasteiger partial charge in [0.1, 0.15) is 0 Å². The summed E-state index contributed by atoms with van der Waals surface area (Å²) in [4.78, 5) is 0. The highest BCUT2D eigenvalue weighted by atomic mass is 16.5. The zero-order valence-electron chi connectivity index (χ0n) is 13.8. The molecule has 1 rings (SSSR count). The normalized spacial score (nSPS) is 12.2. The van der Waals surface area contributed by atoms with Gasteiger partial charge in [-0.25, -0.2) is 0 Å². The highest BCUT2D eigenvalue weighted by Gasteiger charge is 2.12. The quantitative estimate of drug-likeness (QED) is 0.636. The molecular formula is C17H29NO3. The molecule has 120 valence electrons. The Bertz CT molecular complexity index is 396. The number of para-hydroxylation sites is 1. The van der Waals surface area contributed by atoms with Crippen LogP contribution < -0.4 is 14.8 Å². The smallest absolute Gasteiger partial charge is 0.165 e. The van der Waals surface area contributed by atoms with Crippen molar-refractivity contribution in [3.63, 3.8) is 0 Å². The van der Waals surface area contributed by atoms with Crippen molar-refractivity contribution < 1.29 is 14.2 Å². The summed E-state index contributed by atoms with van der Waals surface area (Å²) in [6, 6.07) is 6.05. The molecule has 0 saturated heterocycles. The molecule has 1 N–H and O–H groups in total. The van der Waals surface area contributed by atoms with Gasteiger partial charge in [0.15, 0.2) is 11.5 Å². The number of ether oxygens (including phenoxy) is 3. The molecule has 0 aliphatic heterocycles. The number of rotatable bonds is 11. The minimum absolute atomic E-state index is 0.536. The zero-order chi connectivity index (χ0) is 15.5. The van der Waals surface area contributed by atoms with Gasteiger partial charge in [0.25, 0.3) is 0 Å². The molecule has 1 atom stereocenters. The molecule has 4 heteroatoms. The van der Waals surface area contributed by atoms with Crippen LogP contribution in [-0.4, -0.2) is 33.5 Å². The summed E-state index contributed by atoms with van der Waals surface area (Å²) in [6.07, 6.45) is 1.11. The Morgan fingerprint density at radius 1 is 1.19 bits per heavy atom. The van der Waals surface area contributed by atoms with Gasteiger partial charge in [-0.05, 0) is 18.9 Å². The van der Waals surface area contributed by atoms with Crippen LogP contribution in [0.3, 0.4) is 0 Å². The number of hydrogen-bond acceptors (Lipinski definition) is 4. The van der Waals surface area contributed by atoms with Crippen molar-refractivity contribution in [2.45, 2.75) is 33.7 Å². The second-order valence-corrected chi connectivity index (χ2v) is 5.17. The molecule has 0 saturated carbocycles. The molecule has 0 radical (unpaired) electrons. The second kappa shape index (κ2) is 10.5. The molecule has 0 spiro atoms. The Morgan fingerprint density at radius 2 is 2.00 bits per heavy atom. The van der Waals surface area contributed by atoms with E-state index in [0.717, 1.165) is 36.6 Å². The summed E-state index contributed by atoms with van der Waals surface area (Å²) >= 11 is 0. The van der Waals surface area contributed by atoms with Gasteiger partial charge in [-0.15, -0.1) is 0 Å². The van der Waals surface area contributed by atoms with E-state index in [9.17, 15) is 0 Å². The Kier molecular flexibility index (Phi) is 8.87. The summed E-state index contributed by atoms with van der Waals surface area (Å²) in [5, 5.41) is 3.35. The van der Waals surface area contributed by atoms with Crippen LogP contribution >= 0.6 is 0 Å². The fourth-order valence-corrected chi connectivity index (χ4v) is 1.87. The van der Waals surface area contributed by atoms with E-state index < -0.39 is 0 Å². The number of hydrogen-bond donors (Lipinski definition) is 1. The molecule has 0 fully saturated rings. The molecule has 0 aliphatic rings. The van der Waals surface area contributed by atoms with Gasteiger partial charge in [0, 0.05) is 25.8 Å². The molecule has 4 nitrogen and oxygen atoms in total. The highest BCUT2D eigenvalue weighted by Crippen LogP contribution is 2.32. The first kappa shape index (κ1) is 17.8. The lowest BCUT2D eigenvalue weighted by Gasteiger charge is -2.18. The molecule has 21 heavy (non-hydrogen) atoms. The molecule has 1 unspecified atom stereocenters. The first-order valence-corrected chi connectivity index (χ1v) is 7.80. The van der Waals surface area contributed by atoms with E-state index in [1.165, 1.54) is 0 Å². The topological polar surface area (TPSA) is 39.7 Å². The van der Waals surface area contributed by atoms with E-state index in [4.69, 9.17) is 14.2 Å². The number of nitrogens with one attached hydrogen (secondary N) is 1. The maximum atomic E-state index is 6.03. The van der Waals surface area contributed by atoms with Gasteiger partial charge in [0.05, 0.1) is 19.8 Å². The predicted molar refractivity (Wildman–Crippen MR) is 86.1 cm³/mol. The molecule has 0 bridgehead atoms. The van der Waals surface area contributed by atoms with Crippen molar-refractivity contribution in [3.8, 4) is 11.5 Å². The van der Waals surface area contributed by atoms with Crippen molar-refractivity contribution in [3.05, 3.63) is 23.8 Å². The SMILES string of the molecule is CCOc1cccc(CNCCOC)c1OCC(C)CC. The van der Waals surface area contributed by atoms with Crippen LogP contribution in [-0.2, 0) is 11.3 Å². The Balaban J connectivity index is 2.76. The third kappa shape index (κ3) is 6.36. The monoisotopic (exact) mass is 295 g/mol. The molecule has 1 aromatic rings. The van der Waals surface area contributed by atoms with Gasteiger partial charge in [-0.2, -0.15) is 0 Å². The van der Waals surface area contributed by atoms with E-state index in [-0.39, 0.29) is 0 Å². The standard InChI is InChI=1S/C17H29NO3/c1-5-14(3)13-21-17-15(12-18-10-11-19-4)8-7-9-16(17)20-6-2/h7-9,14,18H,5-6,10-13H2,1-4H3. The van der Waals surface area contributed by atoms with Crippen LogP contribution in [0.2, 0.25) is 0 Å². The van der Waals surface area contributed by atoms with Gasteiger partial charge in [0.2, 0.25) is 0 Å². The van der Waals surface area contributed by atoms with E-state index in [1.807, 2.05) is 19.1 Å². The minimum Gasteiger partial charge on any atom is -0.490 e. The van der Waals surface area contributed by atoms with Crippen molar-refractivity contribution in [2.24, 2.45) is 5.92 Å². The lowest BCUT2D eigenvalue weighted by molar-refractivity contribution is 0.198. The van der Waals surface area contributed by atoms with Crippen molar-refractivity contribution in [1.82, 2.24) is 5.32 Å². The second-order valence-electron chi connectivity index (χ2n) is 5.17. The van der Waals surface area contributed by atoms with Crippen LogP contribution in [0, 0.1) is 5.92 Å². The molecular weight excluding hydrogens is 266 g/mol. The minimum atomic E-state index is 0.536. The van der Waals surface area contributed by atoms with Gasteiger partial charge in [-0.1, -0.05) is 32.4 Å². The molecule has 0 amide bonds. The Morgan fingerprint density at radius 3 is 2.67 bits per heavy atom. The van der Waals surface area contributed by atoms with Crippen LogP contribution in [0.25, 0.3) is 0 Å². The maximum Gasteiger partial charge on any atom is 0.165 e. The molecule has 0 heterocycles. The number of methoxy groups -OCH3 is 1. The van der Waals surface area contributed by atoms with Gasteiger partial charge in [-0.3, -0.25) is 0 Å². The molecule has 0 aliphatic carbocycles. The number of benzene rings is 1. The fourth-order valence-electron chi connectivity index (χ4n) is 1.87. The van der Waals surface area contributed by atoms with Crippen LogP contribution in [0.1, 0.15) is 32.8 Å². The summed E-state index contributed by atoms with van der Waals surface area (Å²) in [5.74, 6) is 2.23. The van der Waals surface area contributed by atoms with Crippen molar-refractivity contribution in [1.29, 1.82) is 0 Å². The lowest BCUT2D eigenvalue weighted by atomic mass is 10.1. The van der Waals surface area contributed by atoms with Crippen LogP contribution in [0.5, 0.6) is 11.5 Å². The average Bonchev–Trinajstić information content (AvgIpc) is 2.50. The van der Waals surface area contributed by atoms with E-state index in [1.54, 1.807) is 7.11 Å². The first-order valence-electron chi connectivity index (χ1n) is 7.80. The van der Waals surface area contributed by atoms with E-state index >= 15 is 0 Å².